The average Bonchev–Trinajstić information content (AvgIpc) is 2.73. The third-order valence-corrected chi connectivity index (χ3v) is 4.50. The van der Waals surface area contributed by atoms with Crippen LogP contribution in [0.1, 0.15) is 37.5 Å². The third kappa shape index (κ3) is 3.07. The van der Waals surface area contributed by atoms with Crippen LogP contribution in [0.4, 0.5) is 0 Å². The van der Waals surface area contributed by atoms with E-state index in [1.54, 1.807) is 18.3 Å². The molecule has 0 aliphatic heterocycles. The van der Waals surface area contributed by atoms with Crippen molar-refractivity contribution in [3.8, 4) is 0 Å². The van der Waals surface area contributed by atoms with Gasteiger partial charge in [0.1, 0.15) is 5.54 Å². The first-order valence-electron chi connectivity index (χ1n) is 6.11. The molecule has 2 rings (SSSR count). The average molecular weight is 253 g/mol. The highest BCUT2D eigenvalue weighted by molar-refractivity contribution is 7.09. The molecule has 17 heavy (non-hydrogen) atoms. The van der Waals surface area contributed by atoms with Gasteiger partial charge in [0.05, 0.1) is 0 Å². The van der Waals surface area contributed by atoms with Crippen molar-refractivity contribution in [2.75, 3.05) is 0 Å². The summed E-state index contributed by atoms with van der Waals surface area (Å²) in [5, 5.41) is 14.6. The van der Waals surface area contributed by atoms with Crippen LogP contribution in [-0.4, -0.2) is 16.6 Å². The van der Waals surface area contributed by atoms with Crippen molar-refractivity contribution in [1.82, 2.24) is 5.32 Å². The molecular weight excluding hydrogens is 234 g/mol. The number of hydrogen-bond acceptors (Lipinski definition) is 3. The van der Waals surface area contributed by atoms with Gasteiger partial charge in [-0.2, -0.15) is 0 Å². The second-order valence-electron chi connectivity index (χ2n) is 5.07. The van der Waals surface area contributed by atoms with Gasteiger partial charge in [-0.25, -0.2) is 0 Å². The van der Waals surface area contributed by atoms with Gasteiger partial charge >= 0.3 is 5.97 Å². The molecule has 1 saturated carbocycles. The van der Waals surface area contributed by atoms with Crippen molar-refractivity contribution in [1.29, 1.82) is 0 Å². The summed E-state index contributed by atoms with van der Waals surface area (Å²) >= 11 is 1.66. The Kier molecular flexibility index (Phi) is 3.84. The molecule has 0 radical (unpaired) electrons. The quantitative estimate of drug-likeness (QED) is 0.819. The van der Waals surface area contributed by atoms with Crippen LogP contribution in [0, 0.1) is 5.92 Å². The van der Waals surface area contributed by atoms with Gasteiger partial charge in [-0.15, -0.1) is 11.3 Å². The SMILES string of the molecule is CC(CC1CCC1)(NCc1cccs1)C(=O)O. The molecule has 0 saturated heterocycles. The van der Waals surface area contributed by atoms with Gasteiger partial charge in [-0.3, -0.25) is 10.1 Å². The molecule has 1 aromatic rings. The minimum atomic E-state index is -0.783. The van der Waals surface area contributed by atoms with Crippen molar-refractivity contribution in [3.05, 3.63) is 22.4 Å². The molecule has 0 bridgehead atoms. The number of hydrogen-bond donors (Lipinski definition) is 2. The van der Waals surface area contributed by atoms with Gasteiger partial charge in [-0.1, -0.05) is 25.3 Å². The Bertz CT molecular complexity index is 373. The summed E-state index contributed by atoms with van der Waals surface area (Å²) in [6.45, 7) is 2.45. The second kappa shape index (κ2) is 5.19. The van der Waals surface area contributed by atoms with E-state index in [-0.39, 0.29) is 0 Å². The molecule has 94 valence electrons. The Morgan fingerprint density at radius 3 is 2.88 bits per heavy atom. The van der Waals surface area contributed by atoms with E-state index in [1.165, 1.54) is 24.1 Å². The van der Waals surface area contributed by atoms with E-state index in [9.17, 15) is 9.90 Å². The van der Waals surface area contributed by atoms with Crippen LogP contribution in [0.15, 0.2) is 17.5 Å². The number of carboxylic acids is 1. The van der Waals surface area contributed by atoms with E-state index in [2.05, 4.69) is 5.32 Å². The lowest BCUT2D eigenvalue weighted by Gasteiger charge is -2.34. The first-order chi connectivity index (χ1) is 8.10. The Labute approximate surface area is 106 Å². The summed E-state index contributed by atoms with van der Waals surface area (Å²) in [5.41, 5.74) is -0.783. The van der Waals surface area contributed by atoms with E-state index in [0.29, 0.717) is 12.5 Å². The molecule has 1 fully saturated rings. The fraction of sp³-hybridized carbons (Fsp3) is 0.615. The smallest absolute Gasteiger partial charge is 0.323 e. The van der Waals surface area contributed by atoms with E-state index in [0.717, 1.165) is 6.42 Å². The molecule has 3 nitrogen and oxygen atoms in total. The third-order valence-electron chi connectivity index (χ3n) is 3.63. The zero-order valence-corrected chi connectivity index (χ0v) is 10.9. The first kappa shape index (κ1) is 12.6. The van der Waals surface area contributed by atoms with Crippen LogP contribution in [0.3, 0.4) is 0 Å². The summed E-state index contributed by atoms with van der Waals surface area (Å²) in [4.78, 5) is 12.6. The van der Waals surface area contributed by atoms with E-state index < -0.39 is 11.5 Å². The Morgan fingerprint density at radius 2 is 2.41 bits per heavy atom. The van der Waals surface area contributed by atoms with Gasteiger partial charge in [-0.05, 0) is 30.7 Å². The summed E-state index contributed by atoms with van der Waals surface area (Å²) < 4.78 is 0. The summed E-state index contributed by atoms with van der Waals surface area (Å²) in [6.07, 6.45) is 4.37. The van der Waals surface area contributed by atoms with Crippen molar-refractivity contribution < 1.29 is 9.90 Å². The standard InChI is InChI=1S/C13H19NO2S/c1-13(12(15)16,8-10-4-2-5-10)14-9-11-6-3-7-17-11/h3,6-7,10,14H,2,4-5,8-9H2,1H3,(H,15,16). The monoisotopic (exact) mass is 253 g/mol. The Hall–Kier alpha value is -0.870. The van der Waals surface area contributed by atoms with E-state index in [1.807, 2.05) is 17.5 Å². The van der Waals surface area contributed by atoms with Crippen LogP contribution >= 0.6 is 11.3 Å². The van der Waals surface area contributed by atoms with Crippen LogP contribution in [0.25, 0.3) is 0 Å². The molecule has 2 N–H and O–H groups in total. The predicted octanol–water partition coefficient (Wildman–Crippen LogP) is 2.87. The Morgan fingerprint density at radius 1 is 1.65 bits per heavy atom. The lowest BCUT2D eigenvalue weighted by Crippen LogP contribution is -2.50. The van der Waals surface area contributed by atoms with Crippen LogP contribution in [0.2, 0.25) is 0 Å². The van der Waals surface area contributed by atoms with Crippen molar-refractivity contribution in [2.45, 2.75) is 44.7 Å². The molecule has 0 aromatic carbocycles. The van der Waals surface area contributed by atoms with Crippen molar-refractivity contribution in [2.24, 2.45) is 5.92 Å². The first-order valence-corrected chi connectivity index (χ1v) is 6.99. The van der Waals surface area contributed by atoms with Crippen molar-refractivity contribution in [3.63, 3.8) is 0 Å². The fourth-order valence-corrected chi connectivity index (χ4v) is 2.85. The van der Waals surface area contributed by atoms with Crippen LogP contribution < -0.4 is 5.32 Å². The highest BCUT2D eigenvalue weighted by Crippen LogP contribution is 2.34. The van der Waals surface area contributed by atoms with Gasteiger partial charge in [0.15, 0.2) is 0 Å². The zero-order valence-electron chi connectivity index (χ0n) is 10.1. The van der Waals surface area contributed by atoms with Gasteiger partial charge in [0, 0.05) is 11.4 Å². The van der Waals surface area contributed by atoms with E-state index in [4.69, 9.17) is 0 Å². The summed E-state index contributed by atoms with van der Waals surface area (Å²) in [6, 6.07) is 4.02. The lowest BCUT2D eigenvalue weighted by molar-refractivity contribution is -0.145. The molecule has 0 spiro atoms. The highest BCUT2D eigenvalue weighted by atomic mass is 32.1. The number of aliphatic carboxylic acids is 1. The number of carboxylic acid groups (broad SMARTS) is 1. The minimum Gasteiger partial charge on any atom is -0.480 e. The molecule has 0 amide bonds. The molecule has 1 aromatic heterocycles. The molecule has 1 heterocycles. The van der Waals surface area contributed by atoms with Crippen LogP contribution in [0.5, 0.6) is 0 Å². The number of nitrogens with one attached hydrogen (secondary N) is 1. The molecular formula is C13H19NO2S. The number of thiophene rings is 1. The van der Waals surface area contributed by atoms with Gasteiger partial charge in [0.25, 0.3) is 0 Å². The maximum absolute atomic E-state index is 11.4. The molecule has 1 atom stereocenters. The van der Waals surface area contributed by atoms with Gasteiger partial charge in [0.2, 0.25) is 0 Å². The maximum Gasteiger partial charge on any atom is 0.323 e. The van der Waals surface area contributed by atoms with Crippen molar-refractivity contribution >= 4 is 17.3 Å². The number of rotatable bonds is 6. The van der Waals surface area contributed by atoms with Crippen LogP contribution in [-0.2, 0) is 11.3 Å². The summed E-state index contributed by atoms with van der Waals surface area (Å²) in [7, 11) is 0. The van der Waals surface area contributed by atoms with Gasteiger partial charge < -0.3 is 5.11 Å². The molecule has 4 heteroatoms. The Balaban J connectivity index is 1.93. The largest absolute Gasteiger partial charge is 0.480 e. The number of carbonyl (C=O) groups is 1. The molecule has 1 aliphatic carbocycles. The summed E-state index contributed by atoms with van der Waals surface area (Å²) in [5.74, 6) is -0.145. The maximum atomic E-state index is 11.4. The fourth-order valence-electron chi connectivity index (χ4n) is 2.20. The normalized spacial score (nSPS) is 19.6. The topological polar surface area (TPSA) is 49.3 Å². The van der Waals surface area contributed by atoms with E-state index >= 15 is 0 Å². The lowest BCUT2D eigenvalue weighted by atomic mass is 9.76. The molecule has 1 aliphatic rings. The predicted molar refractivity (Wildman–Crippen MR) is 69.2 cm³/mol. The molecule has 1 unspecified atom stereocenters. The zero-order chi connectivity index (χ0) is 12.3. The minimum absolute atomic E-state index is 0.590. The highest BCUT2D eigenvalue weighted by Gasteiger charge is 2.36. The second-order valence-corrected chi connectivity index (χ2v) is 6.10.